The first-order valence-electron chi connectivity index (χ1n) is 9.59. The van der Waals surface area contributed by atoms with Crippen LogP contribution < -0.4 is 5.19 Å². The molecular formula is C23H26N2OSi. The van der Waals surface area contributed by atoms with E-state index in [0.29, 0.717) is 5.92 Å². The van der Waals surface area contributed by atoms with Gasteiger partial charge in [-0.3, -0.25) is 9.97 Å². The number of hydrogen-bond donors (Lipinski definition) is 0. The number of furan rings is 1. The Morgan fingerprint density at radius 3 is 2.59 bits per heavy atom. The van der Waals surface area contributed by atoms with Gasteiger partial charge in [0.05, 0.1) is 13.8 Å². The maximum absolute atomic E-state index is 6.34. The van der Waals surface area contributed by atoms with Crippen LogP contribution in [0.15, 0.2) is 53.3 Å². The third kappa shape index (κ3) is 3.30. The van der Waals surface area contributed by atoms with Crippen LogP contribution >= 0.6 is 0 Å². The van der Waals surface area contributed by atoms with Crippen molar-refractivity contribution in [3.8, 4) is 11.3 Å². The molecule has 3 heterocycles. The van der Waals surface area contributed by atoms with E-state index in [0.717, 1.165) is 34.2 Å². The van der Waals surface area contributed by atoms with Gasteiger partial charge in [-0.25, -0.2) is 0 Å². The maximum Gasteiger partial charge on any atom is 0.144 e. The molecule has 138 valence electrons. The molecule has 0 unspecified atom stereocenters. The van der Waals surface area contributed by atoms with Crippen LogP contribution in [0, 0.1) is 5.92 Å². The molecule has 0 fully saturated rings. The van der Waals surface area contributed by atoms with Crippen molar-refractivity contribution in [2.45, 2.75) is 39.9 Å². The minimum absolute atomic E-state index is 0.617. The summed E-state index contributed by atoms with van der Waals surface area (Å²) in [6.45, 7) is 11.6. The molecule has 0 atom stereocenters. The Morgan fingerprint density at radius 2 is 1.85 bits per heavy atom. The van der Waals surface area contributed by atoms with E-state index in [1.54, 1.807) is 6.20 Å². The maximum atomic E-state index is 6.34. The van der Waals surface area contributed by atoms with Gasteiger partial charge in [0, 0.05) is 34.9 Å². The first kappa shape index (κ1) is 17.9. The first-order valence-corrected chi connectivity index (χ1v) is 13.1. The SMILES string of the molecule is CC(C)Cc1ccnc(-c2ccc([Si](C)(C)C)c3c2oc2ccncc23)c1. The van der Waals surface area contributed by atoms with Gasteiger partial charge >= 0.3 is 0 Å². The Bertz CT molecular complexity index is 1120. The molecule has 0 aliphatic rings. The average molecular weight is 375 g/mol. The predicted molar refractivity (Wildman–Crippen MR) is 116 cm³/mol. The zero-order valence-corrected chi connectivity index (χ0v) is 17.7. The van der Waals surface area contributed by atoms with Crippen LogP contribution in [0.4, 0.5) is 0 Å². The number of rotatable bonds is 4. The number of aromatic nitrogens is 2. The van der Waals surface area contributed by atoms with Crippen LogP contribution in [-0.4, -0.2) is 18.0 Å². The standard InChI is InChI=1S/C23H26N2OSi/c1-15(2)12-16-8-11-25-19(13-16)17-6-7-21(27(3,4)5)22-18-14-24-10-9-20(18)26-23(17)22/h6-11,13-15H,12H2,1-5H3. The second-order valence-corrected chi connectivity index (χ2v) is 13.8. The van der Waals surface area contributed by atoms with Gasteiger partial charge in [0.1, 0.15) is 11.2 Å². The normalized spacial score (nSPS) is 12.4. The zero-order chi connectivity index (χ0) is 19.2. The smallest absolute Gasteiger partial charge is 0.144 e. The summed E-state index contributed by atoms with van der Waals surface area (Å²) < 4.78 is 6.34. The van der Waals surface area contributed by atoms with Crippen molar-refractivity contribution < 1.29 is 4.42 Å². The number of benzene rings is 1. The number of hydrogen-bond acceptors (Lipinski definition) is 3. The third-order valence-electron chi connectivity index (χ3n) is 4.97. The van der Waals surface area contributed by atoms with Gasteiger partial charge in [-0.1, -0.05) is 39.6 Å². The summed E-state index contributed by atoms with van der Waals surface area (Å²) in [4.78, 5) is 9.01. The summed E-state index contributed by atoms with van der Waals surface area (Å²) in [6.07, 6.45) is 6.68. The highest BCUT2D eigenvalue weighted by molar-refractivity contribution is 6.90. The van der Waals surface area contributed by atoms with E-state index in [1.807, 2.05) is 18.5 Å². The van der Waals surface area contributed by atoms with E-state index >= 15 is 0 Å². The van der Waals surface area contributed by atoms with Gasteiger partial charge < -0.3 is 4.42 Å². The minimum Gasteiger partial charge on any atom is -0.455 e. The van der Waals surface area contributed by atoms with Crippen molar-refractivity contribution >= 4 is 35.2 Å². The Kier molecular flexibility index (Phi) is 4.39. The molecule has 4 rings (SSSR count). The molecule has 1 aromatic carbocycles. The van der Waals surface area contributed by atoms with Gasteiger partial charge in [-0.15, -0.1) is 0 Å². The van der Waals surface area contributed by atoms with Crippen molar-refractivity contribution in [3.63, 3.8) is 0 Å². The van der Waals surface area contributed by atoms with Gasteiger partial charge in [0.2, 0.25) is 0 Å². The highest BCUT2D eigenvalue weighted by Gasteiger charge is 2.24. The van der Waals surface area contributed by atoms with Crippen LogP contribution in [0.1, 0.15) is 19.4 Å². The topological polar surface area (TPSA) is 38.9 Å². The van der Waals surface area contributed by atoms with Gasteiger partial charge in [-0.2, -0.15) is 0 Å². The molecule has 0 spiro atoms. The Labute approximate surface area is 161 Å². The van der Waals surface area contributed by atoms with Crippen LogP contribution in [-0.2, 0) is 6.42 Å². The molecule has 0 aliphatic carbocycles. The lowest BCUT2D eigenvalue weighted by atomic mass is 10.0. The molecule has 27 heavy (non-hydrogen) atoms. The van der Waals surface area contributed by atoms with E-state index in [1.165, 1.54) is 16.1 Å². The molecule has 3 nitrogen and oxygen atoms in total. The average Bonchev–Trinajstić information content (AvgIpc) is 2.99. The predicted octanol–water partition coefficient (Wildman–Crippen LogP) is 5.79. The number of nitrogens with zero attached hydrogens (tertiary/aromatic N) is 2. The molecule has 0 amide bonds. The zero-order valence-electron chi connectivity index (χ0n) is 16.7. The highest BCUT2D eigenvalue weighted by atomic mass is 28.3. The molecular weight excluding hydrogens is 348 g/mol. The Hall–Kier alpha value is -2.46. The monoisotopic (exact) mass is 374 g/mol. The van der Waals surface area contributed by atoms with Gasteiger partial charge in [-0.05, 0) is 47.4 Å². The number of fused-ring (bicyclic) bond motifs is 3. The summed E-state index contributed by atoms with van der Waals surface area (Å²) in [5.74, 6) is 0.617. The molecule has 0 bridgehead atoms. The number of pyridine rings is 2. The molecule has 3 aromatic heterocycles. The fourth-order valence-electron chi connectivity index (χ4n) is 3.77. The third-order valence-corrected chi connectivity index (χ3v) is 7.01. The van der Waals surface area contributed by atoms with E-state index < -0.39 is 8.07 Å². The summed E-state index contributed by atoms with van der Waals surface area (Å²) in [7, 11) is -1.54. The second kappa shape index (κ2) is 6.61. The summed E-state index contributed by atoms with van der Waals surface area (Å²) in [5.41, 5.74) is 5.19. The second-order valence-electron chi connectivity index (χ2n) is 8.74. The lowest BCUT2D eigenvalue weighted by molar-refractivity contribution is 0.647. The van der Waals surface area contributed by atoms with Crippen molar-refractivity contribution in [1.29, 1.82) is 0 Å². The van der Waals surface area contributed by atoms with Gasteiger partial charge in [0.15, 0.2) is 0 Å². The minimum atomic E-state index is -1.54. The molecule has 0 radical (unpaired) electrons. The largest absolute Gasteiger partial charge is 0.455 e. The van der Waals surface area contributed by atoms with E-state index in [-0.39, 0.29) is 0 Å². The summed E-state index contributed by atoms with van der Waals surface area (Å²) in [6, 6.07) is 10.7. The fraction of sp³-hybridized carbons (Fsp3) is 0.304. The van der Waals surface area contributed by atoms with Crippen molar-refractivity contribution in [3.05, 3.63) is 54.5 Å². The lowest BCUT2D eigenvalue weighted by Gasteiger charge is -2.19. The van der Waals surface area contributed by atoms with Crippen LogP contribution in [0.25, 0.3) is 33.2 Å². The van der Waals surface area contributed by atoms with Crippen molar-refractivity contribution in [2.75, 3.05) is 0 Å². The van der Waals surface area contributed by atoms with E-state index in [9.17, 15) is 0 Å². The van der Waals surface area contributed by atoms with E-state index in [4.69, 9.17) is 4.42 Å². The van der Waals surface area contributed by atoms with Gasteiger partial charge in [0.25, 0.3) is 0 Å². The fourth-order valence-corrected chi connectivity index (χ4v) is 5.35. The molecule has 0 aliphatic heterocycles. The molecule has 0 saturated heterocycles. The van der Waals surface area contributed by atoms with Crippen LogP contribution in [0.2, 0.25) is 19.6 Å². The van der Waals surface area contributed by atoms with Crippen molar-refractivity contribution in [2.24, 2.45) is 5.92 Å². The Balaban J connectivity index is 2.01. The lowest BCUT2D eigenvalue weighted by Crippen LogP contribution is -2.37. The summed E-state index contributed by atoms with van der Waals surface area (Å²) >= 11 is 0. The van der Waals surface area contributed by atoms with Crippen LogP contribution in [0.3, 0.4) is 0 Å². The first-order chi connectivity index (χ1) is 12.8. The molecule has 4 heteroatoms. The van der Waals surface area contributed by atoms with Crippen LogP contribution in [0.5, 0.6) is 0 Å². The molecule has 0 N–H and O–H groups in total. The Morgan fingerprint density at radius 1 is 1.04 bits per heavy atom. The quantitative estimate of drug-likeness (QED) is 0.425. The van der Waals surface area contributed by atoms with Crippen molar-refractivity contribution in [1.82, 2.24) is 9.97 Å². The highest BCUT2D eigenvalue weighted by Crippen LogP contribution is 2.35. The molecule has 0 saturated carbocycles. The summed E-state index contributed by atoms with van der Waals surface area (Å²) in [5, 5.41) is 3.72. The molecule has 4 aromatic rings. The van der Waals surface area contributed by atoms with E-state index in [2.05, 4.69) is 67.7 Å².